The Kier molecular flexibility index (Phi) is 3.23. The lowest BCUT2D eigenvalue weighted by atomic mass is 9.82. The van der Waals surface area contributed by atoms with E-state index in [4.69, 9.17) is 0 Å². The number of aryl methyl sites for hydroxylation is 1. The molecule has 1 aromatic carbocycles. The number of aliphatic carboxylic acids is 1. The summed E-state index contributed by atoms with van der Waals surface area (Å²) in [5, 5.41) is 14.7. The summed E-state index contributed by atoms with van der Waals surface area (Å²) in [7, 11) is 0. The van der Waals surface area contributed by atoms with Gasteiger partial charge in [-0.3, -0.25) is 4.79 Å². The number of aromatic nitrogens is 1. The number of hydrogen-bond acceptors (Lipinski definition) is 5. The van der Waals surface area contributed by atoms with Gasteiger partial charge >= 0.3 is 0 Å². The summed E-state index contributed by atoms with van der Waals surface area (Å²) in [6, 6.07) is 5.91. The van der Waals surface area contributed by atoms with Crippen LogP contribution < -0.4 is 10.4 Å². The van der Waals surface area contributed by atoms with Gasteiger partial charge in [-0.05, 0) is 42.9 Å². The lowest BCUT2D eigenvalue weighted by Gasteiger charge is -2.27. The average Bonchev–Trinajstić information content (AvgIpc) is 3.18. The van der Waals surface area contributed by atoms with Gasteiger partial charge in [-0.1, -0.05) is 29.6 Å². The van der Waals surface area contributed by atoms with Gasteiger partial charge in [0.15, 0.2) is 5.13 Å². The third kappa shape index (κ3) is 2.34. The molecule has 5 nitrogen and oxygen atoms in total. The number of anilines is 1. The minimum Gasteiger partial charge on any atom is -0.550 e. The van der Waals surface area contributed by atoms with Crippen LogP contribution in [0.4, 0.5) is 5.13 Å². The normalized spacial score (nSPS) is 28.4. The van der Waals surface area contributed by atoms with Crippen LogP contribution in [0.25, 0.3) is 10.2 Å². The second-order valence-corrected chi connectivity index (χ2v) is 7.33. The number of carboxylic acids is 1. The van der Waals surface area contributed by atoms with Crippen molar-refractivity contribution in [2.24, 2.45) is 23.7 Å². The van der Waals surface area contributed by atoms with Crippen molar-refractivity contribution in [1.82, 2.24) is 4.98 Å². The fraction of sp³-hybridized carbons (Fsp3) is 0.353. The van der Waals surface area contributed by atoms with Crippen molar-refractivity contribution in [1.29, 1.82) is 0 Å². The lowest BCUT2D eigenvalue weighted by Crippen LogP contribution is -2.42. The molecule has 2 aliphatic carbocycles. The van der Waals surface area contributed by atoms with Crippen LogP contribution in [-0.4, -0.2) is 16.9 Å². The van der Waals surface area contributed by atoms with Crippen LogP contribution in [0.5, 0.6) is 0 Å². The van der Waals surface area contributed by atoms with Crippen molar-refractivity contribution in [2.75, 3.05) is 5.32 Å². The minimum atomic E-state index is -1.14. The largest absolute Gasteiger partial charge is 0.550 e. The Labute approximate surface area is 137 Å². The van der Waals surface area contributed by atoms with Crippen molar-refractivity contribution in [3.8, 4) is 0 Å². The number of benzene rings is 1. The zero-order chi connectivity index (χ0) is 16.1. The lowest BCUT2D eigenvalue weighted by molar-refractivity contribution is -0.313. The molecule has 0 aliphatic heterocycles. The van der Waals surface area contributed by atoms with E-state index < -0.39 is 17.8 Å². The topological polar surface area (TPSA) is 82.1 Å². The first-order valence-corrected chi connectivity index (χ1v) is 8.42. The number of fused-ring (bicyclic) bond motifs is 3. The number of nitrogens with zero attached hydrogens (tertiary/aromatic N) is 1. The first kappa shape index (κ1) is 14.4. The smallest absolute Gasteiger partial charge is 0.230 e. The van der Waals surface area contributed by atoms with E-state index in [2.05, 4.69) is 10.3 Å². The van der Waals surface area contributed by atoms with Crippen molar-refractivity contribution in [3.05, 3.63) is 35.9 Å². The fourth-order valence-electron chi connectivity index (χ4n) is 3.78. The summed E-state index contributed by atoms with van der Waals surface area (Å²) in [6.07, 6.45) is 4.57. The van der Waals surface area contributed by atoms with Crippen molar-refractivity contribution < 1.29 is 14.7 Å². The van der Waals surface area contributed by atoms with Gasteiger partial charge in [-0.2, -0.15) is 0 Å². The van der Waals surface area contributed by atoms with Gasteiger partial charge in [0.25, 0.3) is 0 Å². The van der Waals surface area contributed by atoms with Crippen LogP contribution in [0.1, 0.15) is 12.0 Å². The fourth-order valence-corrected chi connectivity index (χ4v) is 4.74. The van der Waals surface area contributed by atoms with Crippen molar-refractivity contribution in [3.63, 3.8) is 0 Å². The van der Waals surface area contributed by atoms with E-state index in [1.807, 2.05) is 37.3 Å². The van der Waals surface area contributed by atoms with Crippen molar-refractivity contribution in [2.45, 2.75) is 13.3 Å². The zero-order valence-corrected chi connectivity index (χ0v) is 13.3. The molecule has 0 spiro atoms. The molecule has 2 aliphatic rings. The highest BCUT2D eigenvalue weighted by Crippen LogP contribution is 2.48. The molecule has 2 aromatic rings. The minimum absolute atomic E-state index is 0.0143. The van der Waals surface area contributed by atoms with E-state index in [9.17, 15) is 14.7 Å². The van der Waals surface area contributed by atoms with E-state index in [0.29, 0.717) is 5.13 Å². The maximum Gasteiger partial charge on any atom is 0.230 e. The van der Waals surface area contributed by atoms with Crippen molar-refractivity contribution >= 4 is 38.6 Å². The van der Waals surface area contributed by atoms with Gasteiger partial charge in [0.2, 0.25) is 5.91 Å². The molecule has 2 bridgehead atoms. The molecule has 0 saturated heterocycles. The number of nitrogens with one attached hydrogen (secondary N) is 1. The molecule has 4 atom stereocenters. The molecule has 1 heterocycles. The average molecular weight is 327 g/mol. The molecule has 1 aromatic heterocycles. The molecule has 0 unspecified atom stereocenters. The molecule has 4 rings (SSSR count). The number of allylic oxidation sites excluding steroid dienone is 2. The van der Waals surface area contributed by atoms with Crippen LogP contribution in [0.2, 0.25) is 0 Å². The Bertz CT molecular complexity index is 841. The number of carboxylic acid groups (broad SMARTS) is 1. The highest BCUT2D eigenvalue weighted by atomic mass is 32.1. The van der Waals surface area contributed by atoms with Gasteiger partial charge in [-0.25, -0.2) is 4.98 Å². The maximum atomic E-state index is 12.6. The highest BCUT2D eigenvalue weighted by molar-refractivity contribution is 7.22. The Morgan fingerprint density at radius 2 is 2.00 bits per heavy atom. The summed E-state index contributed by atoms with van der Waals surface area (Å²) in [6.45, 7) is 2.00. The van der Waals surface area contributed by atoms with Crippen LogP contribution >= 0.6 is 11.3 Å². The first-order valence-electron chi connectivity index (χ1n) is 7.60. The summed E-state index contributed by atoms with van der Waals surface area (Å²) >= 11 is 1.40. The van der Waals surface area contributed by atoms with E-state index in [1.165, 1.54) is 11.3 Å². The van der Waals surface area contributed by atoms with Crippen LogP contribution in [0.15, 0.2) is 30.4 Å². The zero-order valence-electron chi connectivity index (χ0n) is 12.5. The summed E-state index contributed by atoms with van der Waals surface area (Å²) in [4.78, 5) is 28.4. The molecule has 6 heteroatoms. The maximum absolute atomic E-state index is 12.6. The molecule has 0 radical (unpaired) electrons. The number of carbonyl (C=O) groups excluding carboxylic acids is 2. The van der Waals surface area contributed by atoms with E-state index in [-0.39, 0.29) is 17.7 Å². The predicted molar refractivity (Wildman–Crippen MR) is 85.7 cm³/mol. The number of rotatable bonds is 3. The molecule has 1 N–H and O–H groups in total. The quantitative estimate of drug-likeness (QED) is 0.871. The second kappa shape index (κ2) is 5.16. The molecule has 1 amide bonds. The van der Waals surface area contributed by atoms with Crippen LogP contribution in [-0.2, 0) is 9.59 Å². The third-order valence-corrected chi connectivity index (χ3v) is 5.74. The number of hydrogen-bond donors (Lipinski definition) is 1. The molecule has 1 saturated carbocycles. The van der Waals surface area contributed by atoms with Gasteiger partial charge in [0.05, 0.1) is 16.1 Å². The third-order valence-electron chi connectivity index (χ3n) is 4.81. The number of thiazole rings is 1. The monoisotopic (exact) mass is 327 g/mol. The SMILES string of the molecule is Cc1ccc2nc(NC(=O)[C@@H]3[C@@H](C(=O)[O-])[C@H]4C=C[C@H]3C4)sc2c1. The Hall–Kier alpha value is -2.21. The first-order chi connectivity index (χ1) is 11.0. The molecular weight excluding hydrogens is 312 g/mol. The van der Waals surface area contributed by atoms with Gasteiger partial charge in [-0.15, -0.1) is 0 Å². The van der Waals surface area contributed by atoms with E-state index in [0.717, 1.165) is 22.2 Å². The summed E-state index contributed by atoms with van der Waals surface area (Å²) in [5.74, 6) is -2.81. The van der Waals surface area contributed by atoms with Gasteiger partial charge in [0.1, 0.15) is 0 Å². The Morgan fingerprint density at radius 1 is 1.26 bits per heavy atom. The van der Waals surface area contributed by atoms with Gasteiger partial charge < -0.3 is 15.2 Å². The standard InChI is InChI=1S/C17H16N2O3S/c1-8-2-5-11-12(6-8)23-17(18-11)19-15(20)13-9-3-4-10(7-9)14(13)16(21)22/h2-6,9-10,13-14H,7H2,1H3,(H,21,22)(H,18,19,20)/p-1/t9-,10-,13-,14-/m0/s1. The van der Waals surface area contributed by atoms with Gasteiger partial charge in [0, 0.05) is 11.9 Å². The number of carbonyl (C=O) groups is 2. The number of amides is 1. The Morgan fingerprint density at radius 3 is 2.74 bits per heavy atom. The Balaban J connectivity index is 1.59. The second-order valence-electron chi connectivity index (χ2n) is 6.30. The molecule has 23 heavy (non-hydrogen) atoms. The molecular formula is C17H15N2O3S-. The van der Waals surface area contributed by atoms with E-state index in [1.54, 1.807) is 0 Å². The molecule has 1 fully saturated rings. The van der Waals surface area contributed by atoms with Crippen LogP contribution in [0, 0.1) is 30.6 Å². The predicted octanol–water partition coefficient (Wildman–Crippen LogP) is 1.73. The summed E-state index contributed by atoms with van der Waals surface area (Å²) in [5.41, 5.74) is 1.97. The van der Waals surface area contributed by atoms with Crippen LogP contribution in [0.3, 0.4) is 0 Å². The highest BCUT2D eigenvalue weighted by Gasteiger charge is 2.48. The molecule has 118 valence electrons. The van der Waals surface area contributed by atoms with E-state index >= 15 is 0 Å². The summed E-state index contributed by atoms with van der Waals surface area (Å²) < 4.78 is 1.00.